The minimum Gasteiger partial charge on any atom is -0.494 e. The molecule has 0 radical (unpaired) electrons. The standard InChI is InChI=1S/C20H18N4O4S/c1-2-28-17-8-6-14(7-9-17)10-18-19(25)23-13-22(12-21-20(23)29-18)15-4-3-5-16(11-15)24(26)27/h3-11H,2,12-13H2,1H3. The van der Waals surface area contributed by atoms with Crippen LogP contribution in [-0.2, 0) is 6.67 Å². The van der Waals surface area contributed by atoms with Gasteiger partial charge in [-0.05, 0) is 36.8 Å². The molecule has 1 aliphatic heterocycles. The predicted octanol–water partition coefficient (Wildman–Crippen LogP) is 2.10. The van der Waals surface area contributed by atoms with Gasteiger partial charge >= 0.3 is 0 Å². The Labute approximate surface area is 169 Å². The smallest absolute Gasteiger partial charge is 0.271 e. The van der Waals surface area contributed by atoms with E-state index in [-0.39, 0.29) is 11.2 Å². The number of rotatable bonds is 5. The van der Waals surface area contributed by atoms with Gasteiger partial charge in [-0.15, -0.1) is 0 Å². The summed E-state index contributed by atoms with van der Waals surface area (Å²) in [6.45, 7) is 3.16. The first-order chi connectivity index (χ1) is 14.0. The summed E-state index contributed by atoms with van der Waals surface area (Å²) in [5, 5.41) is 11.0. The van der Waals surface area contributed by atoms with Gasteiger partial charge in [0, 0.05) is 17.8 Å². The normalized spacial score (nSPS) is 13.7. The molecular weight excluding hydrogens is 392 g/mol. The van der Waals surface area contributed by atoms with Crippen LogP contribution in [0.4, 0.5) is 11.4 Å². The third-order valence-corrected chi connectivity index (χ3v) is 5.52. The second kappa shape index (κ2) is 7.88. The van der Waals surface area contributed by atoms with Crippen molar-refractivity contribution in [2.75, 3.05) is 18.2 Å². The number of hydrogen-bond donors (Lipinski definition) is 0. The average molecular weight is 410 g/mol. The van der Waals surface area contributed by atoms with E-state index in [1.807, 2.05) is 42.2 Å². The van der Waals surface area contributed by atoms with Crippen molar-refractivity contribution < 1.29 is 9.66 Å². The van der Waals surface area contributed by atoms with Crippen molar-refractivity contribution in [1.29, 1.82) is 0 Å². The lowest BCUT2D eigenvalue weighted by atomic mass is 10.2. The van der Waals surface area contributed by atoms with Crippen LogP contribution < -0.4 is 24.5 Å². The molecule has 0 saturated carbocycles. The number of hydrogen-bond acceptors (Lipinski definition) is 7. The fourth-order valence-electron chi connectivity index (χ4n) is 3.06. The van der Waals surface area contributed by atoms with Crippen molar-refractivity contribution in [3.63, 3.8) is 0 Å². The summed E-state index contributed by atoms with van der Waals surface area (Å²) in [5.74, 6) is 0.787. The Morgan fingerprint density at radius 3 is 2.79 bits per heavy atom. The predicted molar refractivity (Wildman–Crippen MR) is 111 cm³/mol. The topological polar surface area (TPSA) is 90.0 Å². The van der Waals surface area contributed by atoms with Crippen molar-refractivity contribution in [3.05, 3.63) is 83.9 Å². The Kier molecular flexibility index (Phi) is 5.13. The Balaban J connectivity index is 1.64. The number of nitrogens with zero attached hydrogens (tertiary/aromatic N) is 4. The van der Waals surface area contributed by atoms with E-state index in [0.717, 1.165) is 11.3 Å². The highest BCUT2D eigenvalue weighted by molar-refractivity contribution is 7.07. The van der Waals surface area contributed by atoms with E-state index in [4.69, 9.17) is 4.74 Å². The fourth-order valence-corrected chi connectivity index (χ4v) is 4.02. The molecule has 0 saturated heterocycles. The van der Waals surface area contributed by atoms with Gasteiger partial charge in [-0.3, -0.25) is 19.5 Å². The number of ether oxygens (including phenoxy) is 1. The van der Waals surface area contributed by atoms with Crippen molar-refractivity contribution in [3.8, 4) is 5.75 Å². The molecule has 29 heavy (non-hydrogen) atoms. The molecule has 1 aliphatic rings. The van der Waals surface area contributed by atoms with Crippen LogP contribution in [0.15, 0.2) is 58.3 Å². The molecule has 2 aromatic carbocycles. The maximum atomic E-state index is 12.9. The highest BCUT2D eigenvalue weighted by Crippen LogP contribution is 2.22. The number of benzene rings is 2. The summed E-state index contributed by atoms with van der Waals surface area (Å²) in [4.78, 5) is 30.4. The lowest BCUT2D eigenvalue weighted by Gasteiger charge is -2.25. The number of nitro benzene ring substituents is 1. The Bertz CT molecular complexity index is 1230. The summed E-state index contributed by atoms with van der Waals surface area (Å²) in [6.07, 6.45) is 1.83. The summed E-state index contributed by atoms with van der Waals surface area (Å²) in [6, 6.07) is 13.9. The zero-order valence-electron chi connectivity index (χ0n) is 15.6. The van der Waals surface area contributed by atoms with Gasteiger partial charge in [0.05, 0.1) is 16.1 Å². The van der Waals surface area contributed by atoms with Crippen LogP contribution in [-0.4, -0.2) is 22.8 Å². The van der Waals surface area contributed by atoms with E-state index < -0.39 is 4.92 Å². The van der Waals surface area contributed by atoms with Gasteiger partial charge in [-0.25, -0.2) is 4.99 Å². The van der Waals surface area contributed by atoms with Gasteiger partial charge in [-0.1, -0.05) is 29.5 Å². The van der Waals surface area contributed by atoms with Crippen LogP contribution in [0.5, 0.6) is 5.75 Å². The Morgan fingerprint density at radius 2 is 2.07 bits per heavy atom. The molecule has 0 aliphatic carbocycles. The number of nitro groups is 1. The van der Waals surface area contributed by atoms with Crippen molar-refractivity contribution in [2.45, 2.75) is 13.6 Å². The summed E-state index contributed by atoms with van der Waals surface area (Å²) in [5.41, 5.74) is 1.44. The molecule has 3 aromatic rings. The first-order valence-electron chi connectivity index (χ1n) is 9.03. The van der Waals surface area contributed by atoms with Gasteiger partial charge in [0.2, 0.25) is 0 Å². The molecule has 8 nitrogen and oxygen atoms in total. The molecular formula is C20H18N4O4S. The molecule has 0 amide bonds. The number of fused-ring (bicyclic) bond motifs is 1. The molecule has 0 atom stereocenters. The lowest BCUT2D eigenvalue weighted by Crippen LogP contribution is -2.42. The Hall–Kier alpha value is -3.46. The quantitative estimate of drug-likeness (QED) is 0.475. The van der Waals surface area contributed by atoms with Crippen LogP contribution >= 0.6 is 11.3 Å². The second-order valence-electron chi connectivity index (χ2n) is 6.39. The summed E-state index contributed by atoms with van der Waals surface area (Å²) in [7, 11) is 0. The van der Waals surface area contributed by atoms with E-state index in [0.29, 0.717) is 35.0 Å². The van der Waals surface area contributed by atoms with Crippen molar-refractivity contribution in [1.82, 2.24) is 4.57 Å². The zero-order valence-corrected chi connectivity index (χ0v) is 16.5. The minimum atomic E-state index is -0.434. The summed E-state index contributed by atoms with van der Waals surface area (Å²) < 4.78 is 7.62. The van der Waals surface area contributed by atoms with Gasteiger partial charge in [0.1, 0.15) is 19.1 Å². The number of anilines is 1. The third kappa shape index (κ3) is 3.90. The average Bonchev–Trinajstić information content (AvgIpc) is 3.04. The lowest BCUT2D eigenvalue weighted by molar-refractivity contribution is -0.384. The molecule has 0 unspecified atom stereocenters. The first kappa shape index (κ1) is 18.9. The molecule has 1 aromatic heterocycles. The largest absolute Gasteiger partial charge is 0.494 e. The molecule has 0 bridgehead atoms. The highest BCUT2D eigenvalue weighted by Gasteiger charge is 2.17. The van der Waals surface area contributed by atoms with E-state index in [9.17, 15) is 14.9 Å². The number of non-ortho nitro benzene ring substituents is 1. The first-order valence-corrected chi connectivity index (χ1v) is 9.85. The molecule has 0 N–H and O–H groups in total. The SMILES string of the molecule is CCOc1ccc(C=c2sc3n(c2=O)CN(c2cccc([N+](=O)[O-])c2)CN=3)cc1. The van der Waals surface area contributed by atoms with Gasteiger partial charge in [-0.2, -0.15) is 0 Å². The van der Waals surface area contributed by atoms with Crippen LogP contribution in [0.25, 0.3) is 6.08 Å². The van der Waals surface area contributed by atoms with Crippen LogP contribution in [0.2, 0.25) is 0 Å². The van der Waals surface area contributed by atoms with Crippen LogP contribution in [0.1, 0.15) is 12.5 Å². The van der Waals surface area contributed by atoms with Crippen molar-refractivity contribution >= 4 is 28.8 Å². The molecule has 4 rings (SSSR count). The van der Waals surface area contributed by atoms with Crippen LogP contribution in [0.3, 0.4) is 0 Å². The van der Waals surface area contributed by atoms with Gasteiger partial charge in [0.15, 0.2) is 4.80 Å². The Morgan fingerprint density at radius 1 is 1.28 bits per heavy atom. The minimum absolute atomic E-state index is 0.00971. The molecule has 148 valence electrons. The second-order valence-corrected chi connectivity index (χ2v) is 7.40. The van der Waals surface area contributed by atoms with E-state index in [2.05, 4.69) is 4.99 Å². The van der Waals surface area contributed by atoms with Crippen molar-refractivity contribution in [2.24, 2.45) is 4.99 Å². The number of thiazole rings is 1. The molecule has 2 heterocycles. The highest BCUT2D eigenvalue weighted by atomic mass is 32.1. The van der Waals surface area contributed by atoms with E-state index >= 15 is 0 Å². The summed E-state index contributed by atoms with van der Waals surface area (Å²) >= 11 is 1.34. The van der Waals surface area contributed by atoms with E-state index in [1.165, 1.54) is 23.5 Å². The number of aromatic nitrogens is 1. The van der Waals surface area contributed by atoms with Gasteiger partial charge < -0.3 is 9.64 Å². The fraction of sp³-hybridized carbons (Fsp3) is 0.200. The molecule has 9 heteroatoms. The van der Waals surface area contributed by atoms with E-state index in [1.54, 1.807) is 16.7 Å². The van der Waals surface area contributed by atoms with Gasteiger partial charge in [0.25, 0.3) is 11.2 Å². The molecule has 0 fully saturated rings. The monoisotopic (exact) mass is 410 g/mol. The van der Waals surface area contributed by atoms with Crippen LogP contribution in [0, 0.1) is 10.1 Å². The molecule has 0 spiro atoms. The third-order valence-electron chi connectivity index (χ3n) is 4.47. The maximum absolute atomic E-state index is 12.9. The zero-order chi connectivity index (χ0) is 20.4. The maximum Gasteiger partial charge on any atom is 0.271 e.